The van der Waals surface area contributed by atoms with Gasteiger partial charge in [0, 0.05) is 25.7 Å². The van der Waals surface area contributed by atoms with Gasteiger partial charge in [-0.25, -0.2) is 0 Å². The molecule has 104 valence electrons. The lowest BCUT2D eigenvalue weighted by molar-refractivity contribution is -0.140. The molecule has 0 bridgehead atoms. The average Bonchev–Trinajstić information content (AvgIpc) is 2.37. The van der Waals surface area contributed by atoms with Gasteiger partial charge in [-0.15, -0.1) is 0 Å². The molecule has 0 fully saturated rings. The SMILES string of the molecule is COC(=O)CCCN(C)C(=O)c1c(N)cccc1Cl. The first-order valence-electron chi connectivity index (χ1n) is 5.83. The van der Waals surface area contributed by atoms with Crippen molar-refractivity contribution in [2.75, 3.05) is 26.4 Å². The van der Waals surface area contributed by atoms with E-state index in [2.05, 4.69) is 4.74 Å². The number of ether oxygens (including phenoxy) is 1. The lowest BCUT2D eigenvalue weighted by atomic mass is 10.1. The Labute approximate surface area is 117 Å². The molecule has 0 aliphatic carbocycles. The number of anilines is 1. The monoisotopic (exact) mass is 284 g/mol. The van der Waals surface area contributed by atoms with Crippen LogP contribution in [-0.2, 0) is 9.53 Å². The number of esters is 1. The lowest BCUT2D eigenvalue weighted by Crippen LogP contribution is -2.29. The number of amides is 1. The Hall–Kier alpha value is -1.75. The maximum Gasteiger partial charge on any atom is 0.305 e. The van der Waals surface area contributed by atoms with Crippen molar-refractivity contribution in [1.82, 2.24) is 4.90 Å². The summed E-state index contributed by atoms with van der Waals surface area (Å²) in [5.74, 6) is -0.550. The zero-order chi connectivity index (χ0) is 14.4. The van der Waals surface area contributed by atoms with Crippen LogP contribution in [0.5, 0.6) is 0 Å². The van der Waals surface area contributed by atoms with Crippen LogP contribution in [0.1, 0.15) is 23.2 Å². The summed E-state index contributed by atoms with van der Waals surface area (Å²) in [7, 11) is 2.98. The van der Waals surface area contributed by atoms with Crippen molar-refractivity contribution in [1.29, 1.82) is 0 Å². The normalized spacial score (nSPS) is 10.1. The second-order valence-electron chi connectivity index (χ2n) is 4.11. The Morgan fingerprint density at radius 1 is 1.42 bits per heavy atom. The highest BCUT2D eigenvalue weighted by Crippen LogP contribution is 2.23. The second-order valence-corrected chi connectivity index (χ2v) is 4.52. The van der Waals surface area contributed by atoms with Gasteiger partial charge in [0.2, 0.25) is 0 Å². The van der Waals surface area contributed by atoms with Crippen molar-refractivity contribution in [3.63, 3.8) is 0 Å². The van der Waals surface area contributed by atoms with E-state index in [-0.39, 0.29) is 18.3 Å². The molecule has 1 aromatic carbocycles. The molecule has 0 spiro atoms. The highest BCUT2D eigenvalue weighted by Gasteiger charge is 2.17. The largest absolute Gasteiger partial charge is 0.469 e. The fraction of sp³-hybridized carbons (Fsp3) is 0.385. The van der Waals surface area contributed by atoms with Crippen LogP contribution >= 0.6 is 11.6 Å². The van der Waals surface area contributed by atoms with Crippen molar-refractivity contribution < 1.29 is 14.3 Å². The minimum Gasteiger partial charge on any atom is -0.469 e. The average molecular weight is 285 g/mol. The van der Waals surface area contributed by atoms with Gasteiger partial charge >= 0.3 is 5.97 Å². The van der Waals surface area contributed by atoms with Crippen LogP contribution in [0.15, 0.2) is 18.2 Å². The standard InChI is InChI=1S/C13H17ClN2O3/c1-16(8-4-7-11(17)19-2)13(18)12-9(14)5-3-6-10(12)15/h3,5-6H,4,7-8,15H2,1-2H3. The summed E-state index contributed by atoms with van der Waals surface area (Å²) in [4.78, 5) is 24.6. The number of rotatable bonds is 5. The van der Waals surface area contributed by atoms with Crippen molar-refractivity contribution in [3.05, 3.63) is 28.8 Å². The van der Waals surface area contributed by atoms with Gasteiger partial charge in [-0.1, -0.05) is 17.7 Å². The van der Waals surface area contributed by atoms with Crippen LogP contribution in [0.3, 0.4) is 0 Å². The molecule has 0 heterocycles. The lowest BCUT2D eigenvalue weighted by Gasteiger charge is -2.18. The minimum absolute atomic E-state index is 0.257. The van der Waals surface area contributed by atoms with Crippen molar-refractivity contribution in [3.8, 4) is 0 Å². The van der Waals surface area contributed by atoms with E-state index in [0.29, 0.717) is 29.2 Å². The summed E-state index contributed by atoms with van der Waals surface area (Å²) in [5.41, 5.74) is 6.39. The Bertz CT molecular complexity index is 457. The highest BCUT2D eigenvalue weighted by molar-refractivity contribution is 6.34. The smallest absolute Gasteiger partial charge is 0.305 e. The van der Waals surface area contributed by atoms with Gasteiger partial charge in [0.05, 0.1) is 17.7 Å². The maximum absolute atomic E-state index is 12.2. The third-order valence-electron chi connectivity index (χ3n) is 2.71. The number of carbonyl (C=O) groups is 2. The van der Waals surface area contributed by atoms with Crippen molar-refractivity contribution >= 4 is 29.2 Å². The molecule has 19 heavy (non-hydrogen) atoms. The van der Waals surface area contributed by atoms with Crippen molar-refractivity contribution in [2.24, 2.45) is 0 Å². The van der Waals surface area contributed by atoms with Gasteiger partial charge in [-0.3, -0.25) is 9.59 Å². The third-order valence-corrected chi connectivity index (χ3v) is 3.02. The number of nitrogen functional groups attached to an aromatic ring is 1. The van der Waals surface area contributed by atoms with Gasteiger partial charge in [-0.2, -0.15) is 0 Å². The topological polar surface area (TPSA) is 72.6 Å². The van der Waals surface area contributed by atoms with Crippen LogP contribution in [0, 0.1) is 0 Å². The summed E-state index contributed by atoms with van der Waals surface area (Å²) >= 11 is 5.97. The summed E-state index contributed by atoms with van der Waals surface area (Å²) in [5, 5.41) is 0.324. The van der Waals surface area contributed by atoms with Crippen LogP contribution in [-0.4, -0.2) is 37.5 Å². The first-order chi connectivity index (χ1) is 8.97. The zero-order valence-corrected chi connectivity index (χ0v) is 11.7. The molecule has 5 nitrogen and oxygen atoms in total. The van der Waals surface area contributed by atoms with E-state index in [9.17, 15) is 9.59 Å². The molecule has 1 aromatic rings. The van der Waals surface area contributed by atoms with E-state index in [1.165, 1.54) is 12.0 Å². The third kappa shape index (κ3) is 4.13. The van der Waals surface area contributed by atoms with E-state index < -0.39 is 0 Å². The number of nitrogens with zero attached hydrogens (tertiary/aromatic N) is 1. The Balaban J connectivity index is 2.64. The number of hydrogen-bond acceptors (Lipinski definition) is 4. The number of methoxy groups -OCH3 is 1. The van der Waals surface area contributed by atoms with Crippen molar-refractivity contribution in [2.45, 2.75) is 12.8 Å². The number of hydrogen-bond donors (Lipinski definition) is 1. The molecule has 1 amide bonds. The predicted octanol–water partition coefficient (Wildman–Crippen LogP) is 1.95. The molecular formula is C13H17ClN2O3. The molecule has 0 aliphatic rings. The second kappa shape index (κ2) is 6.99. The predicted molar refractivity (Wildman–Crippen MR) is 74.1 cm³/mol. The molecular weight excluding hydrogens is 268 g/mol. The van der Waals surface area contributed by atoms with Gasteiger partial charge in [0.15, 0.2) is 0 Å². The maximum atomic E-state index is 12.2. The van der Waals surface area contributed by atoms with E-state index >= 15 is 0 Å². The molecule has 0 saturated heterocycles. The molecule has 0 radical (unpaired) electrons. The summed E-state index contributed by atoms with van der Waals surface area (Å²) in [6.45, 7) is 0.429. The van der Waals surface area contributed by atoms with Crippen LogP contribution < -0.4 is 5.73 Å². The summed E-state index contributed by atoms with van der Waals surface area (Å²) < 4.78 is 4.53. The Morgan fingerprint density at radius 3 is 2.68 bits per heavy atom. The fourth-order valence-corrected chi connectivity index (χ4v) is 1.88. The number of carbonyl (C=O) groups excluding carboxylic acids is 2. The Kier molecular flexibility index (Phi) is 5.63. The quantitative estimate of drug-likeness (QED) is 0.662. The molecule has 6 heteroatoms. The van der Waals surface area contributed by atoms with Crippen LogP contribution in [0.25, 0.3) is 0 Å². The van der Waals surface area contributed by atoms with E-state index in [1.807, 2.05) is 0 Å². The van der Waals surface area contributed by atoms with Crippen LogP contribution in [0.2, 0.25) is 5.02 Å². The summed E-state index contributed by atoms with van der Waals surface area (Å²) in [6, 6.07) is 4.93. The Morgan fingerprint density at radius 2 is 2.11 bits per heavy atom. The van der Waals surface area contributed by atoms with E-state index in [0.717, 1.165) is 0 Å². The summed E-state index contributed by atoms with van der Waals surface area (Å²) in [6.07, 6.45) is 0.797. The molecule has 0 unspecified atom stereocenters. The molecule has 2 N–H and O–H groups in total. The first-order valence-corrected chi connectivity index (χ1v) is 6.21. The number of nitrogens with two attached hydrogens (primary N) is 1. The van der Waals surface area contributed by atoms with Gasteiger partial charge in [0.1, 0.15) is 0 Å². The van der Waals surface area contributed by atoms with Gasteiger partial charge in [0.25, 0.3) is 5.91 Å². The fourth-order valence-electron chi connectivity index (χ4n) is 1.62. The molecule has 1 rings (SSSR count). The van der Waals surface area contributed by atoms with E-state index in [4.69, 9.17) is 17.3 Å². The molecule has 0 aliphatic heterocycles. The molecule has 0 saturated carbocycles. The number of benzene rings is 1. The highest BCUT2D eigenvalue weighted by atomic mass is 35.5. The zero-order valence-electron chi connectivity index (χ0n) is 11.0. The molecule has 0 atom stereocenters. The van der Waals surface area contributed by atoms with Crippen LogP contribution in [0.4, 0.5) is 5.69 Å². The van der Waals surface area contributed by atoms with E-state index in [1.54, 1.807) is 25.2 Å². The minimum atomic E-state index is -0.293. The molecule has 0 aromatic heterocycles. The van der Waals surface area contributed by atoms with Gasteiger partial charge < -0.3 is 15.4 Å². The van der Waals surface area contributed by atoms with Gasteiger partial charge in [-0.05, 0) is 18.6 Å². The first kappa shape index (κ1) is 15.3. The number of halogens is 1.